The molecule has 0 aliphatic heterocycles. The Morgan fingerprint density at radius 3 is 2.50 bits per heavy atom. The number of hydrogen-bond donors (Lipinski definition) is 2. The number of nitrogens with one attached hydrogen (secondary N) is 1. The lowest BCUT2D eigenvalue weighted by molar-refractivity contribution is 0.323. The minimum atomic E-state index is 1.62. The van der Waals surface area contributed by atoms with Gasteiger partial charge < -0.3 is 10.2 Å². The third-order valence-corrected chi connectivity index (χ3v) is 0.406. The highest BCUT2D eigenvalue weighted by atomic mass is 16.4. The molecule has 0 saturated heterocycles. The van der Waals surface area contributed by atoms with Gasteiger partial charge in [0.25, 0.3) is 0 Å². The Morgan fingerprint density at radius 2 is 2.38 bits per heavy atom. The standard InChI is InChI=1S/C3H4N2.CH3NO/c1-2-5-3-4-1;1-2-3/h1-3H,(H,4,5);3H,1H2. The Bertz CT molecular complexity index is 97.6. The average Bonchev–Trinajstić information content (AvgIpc) is 2.17. The second-order valence-electron chi connectivity index (χ2n) is 0.902. The SMILES string of the molecule is C=NO.c1c[nH]cn1. The molecule has 1 aromatic heterocycles. The fourth-order valence-electron chi connectivity index (χ4n) is 0.215. The number of aromatic nitrogens is 2. The summed E-state index contributed by atoms with van der Waals surface area (Å²) in [7, 11) is 0. The van der Waals surface area contributed by atoms with Crippen LogP contribution in [0.15, 0.2) is 23.9 Å². The molecular weight excluding hydrogens is 106 g/mol. The molecule has 44 valence electrons. The predicted molar refractivity (Wildman–Crippen MR) is 29.9 cm³/mol. The van der Waals surface area contributed by atoms with Gasteiger partial charge in [0.05, 0.1) is 6.33 Å². The van der Waals surface area contributed by atoms with Crippen LogP contribution in [0.5, 0.6) is 0 Å². The van der Waals surface area contributed by atoms with Crippen LogP contribution in [0.1, 0.15) is 0 Å². The van der Waals surface area contributed by atoms with Crippen LogP contribution in [0.3, 0.4) is 0 Å². The lowest BCUT2D eigenvalue weighted by atomic mass is 11.0. The van der Waals surface area contributed by atoms with Crippen LogP contribution in [0.2, 0.25) is 0 Å². The van der Waals surface area contributed by atoms with Crippen LogP contribution in [-0.4, -0.2) is 21.9 Å². The minimum Gasteiger partial charge on any atom is -0.411 e. The largest absolute Gasteiger partial charge is 0.411 e. The highest BCUT2D eigenvalue weighted by Gasteiger charge is 1.56. The Hall–Kier alpha value is -1.32. The number of aromatic amines is 1. The summed E-state index contributed by atoms with van der Waals surface area (Å²) in [6.07, 6.45) is 5.08. The van der Waals surface area contributed by atoms with Gasteiger partial charge in [0.1, 0.15) is 0 Å². The van der Waals surface area contributed by atoms with Gasteiger partial charge in [-0.15, -0.1) is 5.16 Å². The zero-order valence-electron chi connectivity index (χ0n) is 4.28. The van der Waals surface area contributed by atoms with E-state index in [0.717, 1.165) is 0 Å². The van der Waals surface area contributed by atoms with Gasteiger partial charge in [0.2, 0.25) is 0 Å². The number of imidazole rings is 1. The maximum atomic E-state index is 7.08. The van der Waals surface area contributed by atoms with Gasteiger partial charge in [-0.3, -0.25) is 0 Å². The zero-order valence-corrected chi connectivity index (χ0v) is 4.28. The van der Waals surface area contributed by atoms with Crippen molar-refractivity contribution in [3.63, 3.8) is 0 Å². The quantitative estimate of drug-likeness (QED) is 0.292. The first kappa shape index (κ1) is 6.68. The molecule has 0 spiro atoms. The third kappa shape index (κ3) is 4.68. The van der Waals surface area contributed by atoms with E-state index in [1.165, 1.54) is 0 Å². The molecule has 1 aromatic rings. The van der Waals surface area contributed by atoms with Crippen LogP contribution in [-0.2, 0) is 0 Å². The number of rotatable bonds is 0. The van der Waals surface area contributed by atoms with Crippen molar-refractivity contribution in [2.75, 3.05) is 0 Å². The molecule has 2 N–H and O–H groups in total. The van der Waals surface area contributed by atoms with Gasteiger partial charge in [0, 0.05) is 19.1 Å². The molecule has 1 rings (SSSR count). The maximum Gasteiger partial charge on any atom is 0.0919 e. The fourth-order valence-corrected chi connectivity index (χ4v) is 0.215. The summed E-state index contributed by atoms with van der Waals surface area (Å²) in [4.78, 5) is 6.42. The van der Waals surface area contributed by atoms with Crippen LogP contribution in [0, 0.1) is 0 Å². The van der Waals surface area contributed by atoms with Crippen molar-refractivity contribution in [1.29, 1.82) is 0 Å². The molecule has 0 amide bonds. The van der Waals surface area contributed by atoms with Gasteiger partial charge in [-0.05, 0) is 0 Å². The summed E-state index contributed by atoms with van der Waals surface area (Å²) in [5.41, 5.74) is 0. The highest BCUT2D eigenvalue weighted by Crippen LogP contribution is 1.62. The zero-order chi connectivity index (χ0) is 6.24. The van der Waals surface area contributed by atoms with E-state index in [9.17, 15) is 0 Å². The van der Waals surface area contributed by atoms with E-state index in [-0.39, 0.29) is 0 Å². The van der Waals surface area contributed by atoms with Crippen molar-refractivity contribution < 1.29 is 5.21 Å². The lowest BCUT2D eigenvalue weighted by Crippen LogP contribution is -1.44. The molecule has 1 heterocycles. The Morgan fingerprint density at radius 1 is 1.75 bits per heavy atom. The smallest absolute Gasteiger partial charge is 0.0919 e. The molecule has 0 saturated carbocycles. The first-order chi connectivity index (χ1) is 3.91. The average molecular weight is 113 g/mol. The van der Waals surface area contributed by atoms with Crippen LogP contribution in [0.25, 0.3) is 0 Å². The second kappa shape index (κ2) is 5.68. The van der Waals surface area contributed by atoms with E-state index in [2.05, 4.69) is 21.8 Å². The molecule has 0 atom stereocenters. The molecule has 0 aliphatic carbocycles. The molecule has 4 nitrogen and oxygen atoms in total. The van der Waals surface area contributed by atoms with E-state index in [0.29, 0.717) is 0 Å². The van der Waals surface area contributed by atoms with E-state index < -0.39 is 0 Å². The van der Waals surface area contributed by atoms with Crippen LogP contribution < -0.4 is 0 Å². The molecule has 0 unspecified atom stereocenters. The molecule has 0 aromatic carbocycles. The summed E-state index contributed by atoms with van der Waals surface area (Å²) in [6.45, 7) is 2.67. The van der Waals surface area contributed by atoms with Crippen molar-refractivity contribution in [2.24, 2.45) is 5.16 Å². The second-order valence-corrected chi connectivity index (χ2v) is 0.902. The fraction of sp³-hybridized carbons (Fsp3) is 0. The molecule has 0 bridgehead atoms. The molecule has 0 aliphatic rings. The van der Waals surface area contributed by atoms with E-state index >= 15 is 0 Å². The number of oxime groups is 1. The summed E-state index contributed by atoms with van der Waals surface area (Å²) < 4.78 is 0. The molecular formula is C4H7N3O. The van der Waals surface area contributed by atoms with Crippen molar-refractivity contribution >= 4 is 6.72 Å². The lowest BCUT2D eigenvalue weighted by Gasteiger charge is -1.46. The van der Waals surface area contributed by atoms with Crippen molar-refractivity contribution in [3.05, 3.63) is 18.7 Å². The van der Waals surface area contributed by atoms with Gasteiger partial charge in [-0.25, -0.2) is 4.98 Å². The monoisotopic (exact) mass is 113 g/mol. The first-order valence-corrected chi connectivity index (χ1v) is 1.94. The normalized spacial score (nSPS) is 6.50. The van der Waals surface area contributed by atoms with E-state index in [1.807, 2.05) is 0 Å². The third-order valence-electron chi connectivity index (χ3n) is 0.406. The van der Waals surface area contributed by atoms with E-state index in [1.54, 1.807) is 18.7 Å². The summed E-state index contributed by atoms with van der Waals surface area (Å²) in [5.74, 6) is 0. The maximum absolute atomic E-state index is 7.08. The summed E-state index contributed by atoms with van der Waals surface area (Å²) in [6, 6.07) is 0. The molecule has 8 heavy (non-hydrogen) atoms. The summed E-state index contributed by atoms with van der Waals surface area (Å²) >= 11 is 0. The molecule has 0 radical (unpaired) electrons. The Labute approximate surface area is 46.9 Å². The van der Waals surface area contributed by atoms with E-state index in [4.69, 9.17) is 5.21 Å². The number of hydrogen-bond acceptors (Lipinski definition) is 3. The van der Waals surface area contributed by atoms with Crippen LogP contribution >= 0.6 is 0 Å². The van der Waals surface area contributed by atoms with Gasteiger partial charge in [-0.2, -0.15) is 0 Å². The van der Waals surface area contributed by atoms with Crippen molar-refractivity contribution in [1.82, 2.24) is 9.97 Å². The van der Waals surface area contributed by atoms with Crippen LogP contribution in [0.4, 0.5) is 0 Å². The first-order valence-electron chi connectivity index (χ1n) is 1.94. The number of nitrogens with zero attached hydrogens (tertiary/aromatic N) is 2. The molecule has 0 fully saturated rings. The molecule has 4 heteroatoms. The van der Waals surface area contributed by atoms with Crippen molar-refractivity contribution in [3.8, 4) is 0 Å². The Kier molecular flexibility index (Phi) is 4.74. The topological polar surface area (TPSA) is 61.3 Å². The Balaban J connectivity index is 0.000000145. The van der Waals surface area contributed by atoms with Gasteiger partial charge in [0.15, 0.2) is 0 Å². The number of H-pyrrole nitrogens is 1. The van der Waals surface area contributed by atoms with Crippen molar-refractivity contribution in [2.45, 2.75) is 0 Å². The highest BCUT2D eigenvalue weighted by molar-refractivity contribution is 5.20. The summed E-state index contributed by atoms with van der Waals surface area (Å²) in [5, 5.41) is 9.33. The predicted octanol–water partition coefficient (Wildman–Crippen LogP) is 0.486. The van der Waals surface area contributed by atoms with Gasteiger partial charge in [-0.1, -0.05) is 0 Å². The van der Waals surface area contributed by atoms with Gasteiger partial charge >= 0.3 is 0 Å². The minimum absolute atomic E-state index is 1.62.